The highest BCUT2D eigenvalue weighted by atomic mass is 32.1. The molecule has 7 heteroatoms. The van der Waals surface area contributed by atoms with E-state index in [1.807, 2.05) is 19.1 Å². The number of benzene rings is 2. The normalized spacial score (nSPS) is 21.0. The molecule has 36 heavy (non-hydrogen) atoms. The number of rotatable bonds is 4. The molecule has 0 radical (unpaired) electrons. The number of piperidine rings is 1. The van der Waals surface area contributed by atoms with E-state index in [9.17, 15) is 0 Å². The lowest BCUT2D eigenvalue weighted by Crippen LogP contribution is -2.45. The van der Waals surface area contributed by atoms with E-state index in [0.29, 0.717) is 40.8 Å². The first-order chi connectivity index (χ1) is 17.4. The van der Waals surface area contributed by atoms with Crippen LogP contribution in [-0.2, 0) is 6.54 Å². The zero-order valence-electron chi connectivity index (χ0n) is 21.0. The van der Waals surface area contributed by atoms with Gasteiger partial charge in [-0.2, -0.15) is 0 Å². The molecule has 1 aliphatic heterocycles. The molecule has 0 amide bonds. The minimum absolute atomic E-state index is 0.305. The predicted molar refractivity (Wildman–Crippen MR) is 143 cm³/mol. The second-order valence-corrected chi connectivity index (χ2v) is 11.2. The van der Waals surface area contributed by atoms with Crippen LogP contribution in [-0.4, -0.2) is 31.9 Å². The molecule has 0 N–H and O–H groups in total. The molecule has 0 bridgehead atoms. The smallest absolute Gasteiger partial charge is 0.247 e. The topological polar surface area (TPSA) is 55.1 Å². The summed E-state index contributed by atoms with van der Waals surface area (Å²) in [5, 5.41) is 1.03. The first-order valence-electron chi connectivity index (χ1n) is 12.5. The van der Waals surface area contributed by atoms with Crippen molar-refractivity contribution in [1.29, 1.82) is 0 Å². The van der Waals surface area contributed by atoms with Crippen molar-refractivity contribution in [3.8, 4) is 11.3 Å². The highest BCUT2D eigenvalue weighted by Gasteiger charge is 2.33. The summed E-state index contributed by atoms with van der Waals surface area (Å²) >= 11 is 1.61. The van der Waals surface area contributed by atoms with Gasteiger partial charge in [0.25, 0.3) is 0 Å². The van der Waals surface area contributed by atoms with Gasteiger partial charge in [0.15, 0.2) is 11.7 Å². The number of aryl methyl sites for hydroxylation is 2. The summed E-state index contributed by atoms with van der Waals surface area (Å²) in [7, 11) is 0. The van der Waals surface area contributed by atoms with Gasteiger partial charge in [0.2, 0.25) is 5.71 Å². The maximum absolute atomic E-state index is 15.3. The number of hydrogen-bond acceptors (Lipinski definition) is 6. The fourth-order valence-electron chi connectivity index (χ4n) is 5.57. The van der Waals surface area contributed by atoms with Gasteiger partial charge in [-0.05, 0) is 62.9 Å². The van der Waals surface area contributed by atoms with Crippen LogP contribution in [0.15, 0.2) is 52.9 Å². The maximum Gasteiger partial charge on any atom is 0.247 e. The van der Waals surface area contributed by atoms with Crippen molar-refractivity contribution in [3.05, 3.63) is 76.4 Å². The molecule has 1 aliphatic rings. The van der Waals surface area contributed by atoms with Crippen LogP contribution in [0.25, 0.3) is 32.7 Å². The first kappa shape index (κ1) is 23.3. The molecular formula is C29H29FN4OS. The van der Waals surface area contributed by atoms with Crippen LogP contribution in [0, 0.1) is 19.7 Å². The van der Waals surface area contributed by atoms with Gasteiger partial charge in [0, 0.05) is 37.0 Å². The maximum atomic E-state index is 15.3. The van der Waals surface area contributed by atoms with E-state index in [0.717, 1.165) is 45.7 Å². The van der Waals surface area contributed by atoms with Gasteiger partial charge in [0.05, 0.1) is 15.4 Å². The van der Waals surface area contributed by atoms with E-state index in [-0.39, 0.29) is 5.82 Å². The van der Waals surface area contributed by atoms with Crippen LogP contribution in [0.4, 0.5) is 4.39 Å². The summed E-state index contributed by atoms with van der Waals surface area (Å²) in [5.74, 6) is 0.599. The van der Waals surface area contributed by atoms with Gasteiger partial charge in [-0.1, -0.05) is 30.3 Å². The van der Waals surface area contributed by atoms with Crippen molar-refractivity contribution in [3.63, 3.8) is 0 Å². The van der Waals surface area contributed by atoms with Gasteiger partial charge >= 0.3 is 0 Å². The van der Waals surface area contributed by atoms with E-state index >= 15 is 4.39 Å². The zero-order chi connectivity index (χ0) is 25.0. The third-order valence-electron chi connectivity index (χ3n) is 7.37. The Bertz CT molecular complexity index is 1550. The number of hydrogen-bond donors (Lipinski definition) is 0. The largest absolute Gasteiger partial charge is 0.423 e. The molecule has 5 aromatic rings. The van der Waals surface area contributed by atoms with Gasteiger partial charge < -0.3 is 4.42 Å². The van der Waals surface area contributed by atoms with E-state index in [4.69, 9.17) is 9.40 Å². The number of pyridine rings is 1. The molecule has 3 atom stereocenters. The first-order valence-corrected chi connectivity index (χ1v) is 13.3. The van der Waals surface area contributed by atoms with E-state index < -0.39 is 0 Å². The molecule has 184 valence electrons. The number of aromatic nitrogens is 3. The van der Waals surface area contributed by atoms with E-state index in [2.05, 4.69) is 59.0 Å². The molecule has 0 aliphatic carbocycles. The van der Waals surface area contributed by atoms with Crippen molar-refractivity contribution in [2.45, 2.75) is 65.1 Å². The van der Waals surface area contributed by atoms with Gasteiger partial charge in [-0.25, -0.2) is 19.3 Å². The molecule has 5 nitrogen and oxygen atoms in total. The number of fused-ring (bicyclic) bond motifs is 2. The lowest BCUT2D eigenvalue weighted by molar-refractivity contribution is 0.0829. The number of likely N-dealkylation sites (tertiary alicyclic amines) is 1. The summed E-state index contributed by atoms with van der Waals surface area (Å²) < 4.78 is 21.8. The number of halogens is 1. The number of nitrogens with zero attached hydrogens (tertiary/aromatic N) is 4. The molecular weight excluding hydrogens is 471 g/mol. The summed E-state index contributed by atoms with van der Waals surface area (Å²) in [4.78, 5) is 16.4. The Morgan fingerprint density at radius 1 is 0.972 bits per heavy atom. The molecule has 2 aromatic carbocycles. The van der Waals surface area contributed by atoms with E-state index in [1.54, 1.807) is 18.3 Å². The van der Waals surface area contributed by atoms with E-state index in [1.165, 1.54) is 11.6 Å². The quantitative estimate of drug-likeness (QED) is 0.257. The monoisotopic (exact) mass is 500 g/mol. The third-order valence-corrected chi connectivity index (χ3v) is 8.53. The Morgan fingerprint density at radius 2 is 1.72 bits per heavy atom. The molecule has 2 unspecified atom stereocenters. The van der Waals surface area contributed by atoms with Crippen LogP contribution in [0.3, 0.4) is 0 Å². The summed E-state index contributed by atoms with van der Waals surface area (Å²) in [5.41, 5.74) is 5.41. The lowest BCUT2D eigenvalue weighted by Gasteiger charge is -2.42. The molecule has 1 fully saturated rings. The van der Waals surface area contributed by atoms with Crippen LogP contribution < -0.4 is 0 Å². The zero-order valence-corrected chi connectivity index (χ0v) is 21.8. The standard InChI is InChI=1S/C29H29FN4OS/c1-16-10-24(32-28-26(16)31-19(4)35-28)21-13-23(30)27-25(14-21)36-29(33-27)22-11-17(2)34(18(3)12-22)15-20-8-6-5-7-9-20/h5-10,13-14,17-18,22H,11-12,15H2,1-4H3/t17-,18?,22?/m1/s1. The number of oxazole rings is 1. The van der Waals surface area contributed by atoms with Crippen LogP contribution in [0.2, 0.25) is 0 Å². The minimum Gasteiger partial charge on any atom is -0.423 e. The van der Waals surface area contributed by atoms with Crippen molar-refractivity contribution < 1.29 is 8.81 Å². The molecule has 6 rings (SSSR count). The summed E-state index contributed by atoms with van der Waals surface area (Å²) in [6.45, 7) is 9.33. The molecule has 4 heterocycles. The van der Waals surface area contributed by atoms with Crippen molar-refractivity contribution in [1.82, 2.24) is 19.9 Å². The highest BCUT2D eigenvalue weighted by molar-refractivity contribution is 7.18. The second kappa shape index (κ2) is 9.05. The molecule has 0 saturated carbocycles. The predicted octanol–water partition coefficient (Wildman–Crippen LogP) is 7.41. The number of thiazole rings is 1. The van der Waals surface area contributed by atoms with Gasteiger partial charge in [-0.15, -0.1) is 11.3 Å². The second-order valence-electron chi connectivity index (χ2n) is 10.1. The fourth-order valence-corrected chi connectivity index (χ4v) is 6.72. The molecule has 1 saturated heterocycles. The Morgan fingerprint density at radius 3 is 2.47 bits per heavy atom. The molecule has 3 aromatic heterocycles. The summed E-state index contributed by atoms with van der Waals surface area (Å²) in [6.07, 6.45) is 2.04. The summed E-state index contributed by atoms with van der Waals surface area (Å²) in [6, 6.07) is 17.0. The highest BCUT2D eigenvalue weighted by Crippen LogP contribution is 2.40. The van der Waals surface area contributed by atoms with Crippen molar-refractivity contribution >= 4 is 32.8 Å². The average molecular weight is 501 g/mol. The Kier molecular flexibility index (Phi) is 5.85. The van der Waals surface area contributed by atoms with Crippen molar-refractivity contribution in [2.75, 3.05) is 0 Å². The van der Waals surface area contributed by atoms with Crippen LogP contribution >= 0.6 is 11.3 Å². The van der Waals surface area contributed by atoms with Gasteiger partial charge in [0.1, 0.15) is 11.0 Å². The van der Waals surface area contributed by atoms with Crippen LogP contribution in [0.1, 0.15) is 54.6 Å². The van der Waals surface area contributed by atoms with Gasteiger partial charge in [-0.3, -0.25) is 4.90 Å². The lowest BCUT2D eigenvalue weighted by atomic mass is 9.87. The van der Waals surface area contributed by atoms with Crippen LogP contribution in [0.5, 0.6) is 0 Å². The SMILES string of the molecule is Cc1nc2c(C)cc(-c3cc(F)c4nc(C5CC(C)N(Cc6ccccc6)[C@H](C)C5)sc4c3)nc2o1. The third kappa shape index (κ3) is 4.20. The van der Waals surface area contributed by atoms with Crippen molar-refractivity contribution in [2.24, 2.45) is 0 Å². The Labute approximate surface area is 214 Å². The Hall–Kier alpha value is -3.16. The molecule has 0 spiro atoms. The average Bonchev–Trinajstić information content (AvgIpc) is 3.45. The fraction of sp³-hybridized carbons (Fsp3) is 0.345. The minimum atomic E-state index is -0.305. The Balaban J connectivity index is 1.29.